The molecule has 0 radical (unpaired) electrons. The monoisotopic (exact) mass is 398 g/mol. The molecule has 1 aliphatic rings. The first-order chi connectivity index (χ1) is 13.8. The first-order valence-corrected chi connectivity index (χ1v) is 9.21. The van der Waals surface area contributed by atoms with Crippen LogP contribution in [0.4, 0.5) is 16.6 Å². The summed E-state index contributed by atoms with van der Waals surface area (Å²) in [6.45, 7) is 7.93. The summed E-state index contributed by atoms with van der Waals surface area (Å²) in [4.78, 5) is 31.9. The van der Waals surface area contributed by atoms with Crippen LogP contribution in [0.3, 0.4) is 0 Å². The molecule has 0 saturated carbocycles. The summed E-state index contributed by atoms with van der Waals surface area (Å²) in [5.41, 5.74) is 7.33. The normalized spacial score (nSPS) is 14.9. The van der Waals surface area contributed by atoms with Crippen LogP contribution < -0.4 is 10.6 Å². The topological polar surface area (TPSA) is 134 Å². The van der Waals surface area contributed by atoms with Gasteiger partial charge < -0.3 is 20.1 Å². The van der Waals surface area contributed by atoms with E-state index < -0.39 is 11.7 Å². The summed E-state index contributed by atoms with van der Waals surface area (Å²) in [5.74, 6) is 0.753. The average molecular weight is 398 g/mol. The van der Waals surface area contributed by atoms with E-state index in [4.69, 9.17) is 15.2 Å². The zero-order valence-electron chi connectivity index (χ0n) is 16.5. The number of carbonyl (C=O) groups excluding carboxylic acids is 1. The summed E-state index contributed by atoms with van der Waals surface area (Å²) >= 11 is 0. The predicted octanol–water partition coefficient (Wildman–Crippen LogP) is 1.49. The maximum Gasteiger partial charge on any atom is 0.435 e. The Kier molecular flexibility index (Phi) is 4.74. The van der Waals surface area contributed by atoms with Crippen LogP contribution in [0.1, 0.15) is 20.8 Å². The number of anilines is 2. The fourth-order valence-corrected chi connectivity index (χ4v) is 2.91. The molecule has 1 saturated heterocycles. The van der Waals surface area contributed by atoms with Gasteiger partial charge in [0.05, 0.1) is 31.3 Å². The Bertz CT molecular complexity index is 1050. The van der Waals surface area contributed by atoms with Gasteiger partial charge in [0.2, 0.25) is 5.95 Å². The Morgan fingerprint density at radius 3 is 2.66 bits per heavy atom. The highest BCUT2D eigenvalue weighted by molar-refractivity contribution is 5.85. The lowest BCUT2D eigenvalue weighted by Crippen LogP contribution is -2.37. The molecule has 11 heteroatoms. The van der Waals surface area contributed by atoms with Gasteiger partial charge in [0.25, 0.3) is 0 Å². The molecule has 4 rings (SSSR count). The van der Waals surface area contributed by atoms with Crippen molar-refractivity contribution >= 4 is 29.0 Å². The molecular weight excluding hydrogens is 376 g/mol. The molecule has 0 atom stereocenters. The van der Waals surface area contributed by atoms with Crippen LogP contribution in [0.5, 0.6) is 0 Å². The third-order valence-corrected chi connectivity index (χ3v) is 4.18. The molecule has 3 aromatic heterocycles. The lowest BCUT2D eigenvalue weighted by atomic mass is 10.2. The molecule has 11 nitrogen and oxygen atoms in total. The van der Waals surface area contributed by atoms with Crippen molar-refractivity contribution in [3.63, 3.8) is 0 Å². The van der Waals surface area contributed by atoms with Gasteiger partial charge >= 0.3 is 6.09 Å². The Hall–Kier alpha value is -3.34. The summed E-state index contributed by atoms with van der Waals surface area (Å²) in [5, 5.41) is 4.08. The standard InChI is InChI=1S/C18H22N8O3/c1-18(2,3)29-17(27)26-10-11(8-21-26)12-9-20-14-13(22-12)15(24-16(19)23-14)25-4-6-28-7-5-25/h8-10H,4-7H2,1-3H3,(H2,19,20,23,24). The van der Waals surface area contributed by atoms with E-state index >= 15 is 0 Å². The highest BCUT2D eigenvalue weighted by Gasteiger charge is 2.21. The van der Waals surface area contributed by atoms with E-state index in [0.717, 1.165) is 4.68 Å². The fraction of sp³-hybridized carbons (Fsp3) is 0.444. The SMILES string of the molecule is CC(C)(C)OC(=O)n1cc(-c2cnc3nc(N)nc(N4CCOCC4)c3n2)cn1. The van der Waals surface area contributed by atoms with Gasteiger partial charge in [0.1, 0.15) is 5.60 Å². The molecule has 0 amide bonds. The molecule has 0 aromatic carbocycles. The van der Waals surface area contributed by atoms with Crippen LogP contribution in [0.25, 0.3) is 22.4 Å². The van der Waals surface area contributed by atoms with Crippen LogP contribution in [0.2, 0.25) is 0 Å². The number of hydrogen-bond acceptors (Lipinski definition) is 10. The highest BCUT2D eigenvalue weighted by Crippen LogP contribution is 2.25. The van der Waals surface area contributed by atoms with Crippen molar-refractivity contribution < 1.29 is 14.3 Å². The summed E-state index contributed by atoms with van der Waals surface area (Å²) in [6, 6.07) is 0. The Morgan fingerprint density at radius 1 is 1.17 bits per heavy atom. The zero-order valence-corrected chi connectivity index (χ0v) is 16.5. The maximum atomic E-state index is 12.2. The minimum Gasteiger partial charge on any atom is -0.442 e. The second-order valence-corrected chi connectivity index (χ2v) is 7.59. The first-order valence-electron chi connectivity index (χ1n) is 9.21. The predicted molar refractivity (Wildman–Crippen MR) is 105 cm³/mol. The summed E-state index contributed by atoms with van der Waals surface area (Å²) in [7, 11) is 0. The number of hydrogen-bond donors (Lipinski definition) is 1. The maximum absolute atomic E-state index is 12.2. The second-order valence-electron chi connectivity index (χ2n) is 7.59. The summed E-state index contributed by atoms with van der Waals surface area (Å²) in [6.07, 6.45) is 4.08. The molecule has 152 valence electrons. The Morgan fingerprint density at radius 2 is 1.93 bits per heavy atom. The van der Waals surface area contributed by atoms with E-state index in [1.807, 2.05) is 4.90 Å². The van der Waals surface area contributed by atoms with Gasteiger partial charge in [-0.2, -0.15) is 19.7 Å². The van der Waals surface area contributed by atoms with Crippen molar-refractivity contribution in [3.05, 3.63) is 18.6 Å². The molecule has 0 aliphatic carbocycles. The lowest BCUT2D eigenvalue weighted by molar-refractivity contribution is 0.0514. The number of rotatable bonds is 2. The van der Waals surface area contributed by atoms with E-state index in [9.17, 15) is 4.79 Å². The molecule has 0 unspecified atom stereocenters. The Labute approximate surface area is 166 Å². The van der Waals surface area contributed by atoms with Gasteiger partial charge in [0.15, 0.2) is 17.0 Å². The third-order valence-electron chi connectivity index (χ3n) is 4.18. The number of nitrogens with zero attached hydrogens (tertiary/aromatic N) is 7. The number of nitrogens with two attached hydrogens (primary N) is 1. The first kappa shape index (κ1) is 19.0. The van der Waals surface area contributed by atoms with Gasteiger partial charge in [-0.05, 0) is 20.8 Å². The quantitative estimate of drug-likeness (QED) is 0.676. The molecule has 4 heterocycles. The zero-order chi connectivity index (χ0) is 20.6. The molecule has 1 aliphatic heterocycles. The fourth-order valence-electron chi connectivity index (χ4n) is 2.91. The van der Waals surface area contributed by atoms with Crippen LogP contribution in [0, 0.1) is 0 Å². The lowest BCUT2D eigenvalue weighted by Gasteiger charge is -2.28. The van der Waals surface area contributed by atoms with Crippen molar-refractivity contribution in [3.8, 4) is 11.3 Å². The van der Waals surface area contributed by atoms with Crippen LogP contribution in [-0.2, 0) is 9.47 Å². The molecule has 0 bridgehead atoms. The minimum atomic E-state index is -0.615. The van der Waals surface area contributed by atoms with Crippen LogP contribution in [0.15, 0.2) is 18.6 Å². The smallest absolute Gasteiger partial charge is 0.435 e. The summed E-state index contributed by atoms with van der Waals surface area (Å²) < 4.78 is 11.9. The van der Waals surface area contributed by atoms with Gasteiger partial charge in [-0.3, -0.25) is 0 Å². The number of aromatic nitrogens is 6. The molecule has 2 N–H and O–H groups in total. The van der Waals surface area contributed by atoms with E-state index in [1.54, 1.807) is 33.2 Å². The van der Waals surface area contributed by atoms with E-state index in [2.05, 4.69) is 25.0 Å². The van der Waals surface area contributed by atoms with Crippen LogP contribution in [-0.4, -0.2) is 67.7 Å². The van der Waals surface area contributed by atoms with Crippen molar-refractivity contribution in [2.75, 3.05) is 36.9 Å². The van der Waals surface area contributed by atoms with Gasteiger partial charge in [0, 0.05) is 24.8 Å². The van der Waals surface area contributed by atoms with Gasteiger partial charge in [-0.1, -0.05) is 0 Å². The molecule has 1 fully saturated rings. The highest BCUT2D eigenvalue weighted by atomic mass is 16.6. The van der Waals surface area contributed by atoms with E-state index in [0.29, 0.717) is 54.5 Å². The van der Waals surface area contributed by atoms with Crippen LogP contribution >= 0.6 is 0 Å². The van der Waals surface area contributed by atoms with Crippen molar-refractivity contribution in [1.29, 1.82) is 0 Å². The average Bonchev–Trinajstić information content (AvgIpc) is 3.17. The van der Waals surface area contributed by atoms with Gasteiger partial charge in [-0.25, -0.2) is 14.8 Å². The minimum absolute atomic E-state index is 0.138. The number of nitrogen functional groups attached to an aromatic ring is 1. The van der Waals surface area contributed by atoms with E-state index in [-0.39, 0.29) is 5.95 Å². The number of morpholine rings is 1. The largest absolute Gasteiger partial charge is 0.442 e. The molecular formula is C18H22N8O3. The van der Waals surface area contributed by atoms with Crippen molar-refractivity contribution in [2.24, 2.45) is 0 Å². The molecule has 29 heavy (non-hydrogen) atoms. The van der Waals surface area contributed by atoms with Crippen molar-refractivity contribution in [1.82, 2.24) is 29.7 Å². The molecule has 0 spiro atoms. The Balaban J connectivity index is 1.70. The number of ether oxygens (including phenoxy) is 2. The number of fused-ring (bicyclic) bond motifs is 1. The number of carbonyl (C=O) groups is 1. The van der Waals surface area contributed by atoms with E-state index in [1.165, 1.54) is 6.20 Å². The molecule has 3 aromatic rings. The second kappa shape index (κ2) is 7.24. The van der Waals surface area contributed by atoms with Gasteiger partial charge in [-0.15, -0.1) is 0 Å². The third kappa shape index (κ3) is 4.09. The van der Waals surface area contributed by atoms with Crippen molar-refractivity contribution in [2.45, 2.75) is 26.4 Å².